The van der Waals surface area contributed by atoms with Crippen LogP contribution in [0.2, 0.25) is 0 Å². The Hall–Kier alpha value is -1.33. The smallest absolute Gasteiger partial charge is 0.0991 e. The normalized spacial score (nSPS) is 19.4. The molecule has 96 valence electrons. The summed E-state index contributed by atoms with van der Waals surface area (Å²) in [5.41, 5.74) is 2.57. The van der Waals surface area contributed by atoms with Crippen molar-refractivity contribution < 1.29 is 0 Å². The van der Waals surface area contributed by atoms with Gasteiger partial charge in [0, 0.05) is 6.54 Å². The molecule has 0 unspecified atom stereocenters. The number of likely N-dealkylation sites (tertiary alicyclic amines) is 1. The minimum Gasteiger partial charge on any atom is -0.299 e. The topological polar surface area (TPSA) is 27.0 Å². The average Bonchev–Trinajstić information content (AvgIpc) is 2.42. The Labute approximate surface area is 110 Å². The van der Waals surface area contributed by atoms with Crippen LogP contribution < -0.4 is 0 Å². The van der Waals surface area contributed by atoms with Crippen molar-refractivity contribution in [2.75, 3.05) is 13.1 Å². The molecule has 0 radical (unpaired) electrons. The van der Waals surface area contributed by atoms with E-state index in [1.807, 2.05) is 18.2 Å². The minimum absolute atomic E-state index is 0.547. The van der Waals surface area contributed by atoms with Crippen LogP contribution in [0, 0.1) is 16.7 Å². The zero-order chi connectivity index (χ0) is 13.0. The Morgan fingerprint density at radius 1 is 1.33 bits per heavy atom. The summed E-state index contributed by atoms with van der Waals surface area (Å²) in [6.45, 7) is 8.05. The van der Waals surface area contributed by atoms with Crippen molar-refractivity contribution in [1.82, 2.24) is 4.90 Å². The van der Waals surface area contributed by atoms with E-state index in [0.717, 1.165) is 12.1 Å². The second kappa shape index (κ2) is 5.54. The Balaban J connectivity index is 1.94. The SMILES string of the molecule is CCC1(C)CCN(Cc2cccc(C#N)c2)CC1. The van der Waals surface area contributed by atoms with E-state index in [9.17, 15) is 0 Å². The maximum Gasteiger partial charge on any atom is 0.0991 e. The van der Waals surface area contributed by atoms with E-state index in [2.05, 4.69) is 30.9 Å². The number of nitriles is 1. The van der Waals surface area contributed by atoms with Crippen molar-refractivity contribution in [2.24, 2.45) is 5.41 Å². The van der Waals surface area contributed by atoms with Gasteiger partial charge in [-0.15, -0.1) is 0 Å². The van der Waals surface area contributed by atoms with Gasteiger partial charge in [-0.2, -0.15) is 5.26 Å². The highest BCUT2D eigenvalue weighted by Crippen LogP contribution is 2.34. The molecule has 1 aliphatic rings. The van der Waals surface area contributed by atoms with Crippen LogP contribution >= 0.6 is 0 Å². The molecule has 0 aliphatic carbocycles. The van der Waals surface area contributed by atoms with E-state index in [-0.39, 0.29) is 0 Å². The summed E-state index contributed by atoms with van der Waals surface area (Å²) < 4.78 is 0. The van der Waals surface area contributed by atoms with Gasteiger partial charge in [-0.25, -0.2) is 0 Å². The summed E-state index contributed by atoms with van der Waals surface area (Å²) in [5, 5.41) is 8.90. The highest BCUT2D eigenvalue weighted by atomic mass is 15.1. The van der Waals surface area contributed by atoms with Crippen LogP contribution in [0.15, 0.2) is 24.3 Å². The quantitative estimate of drug-likeness (QED) is 0.810. The Kier molecular flexibility index (Phi) is 4.04. The molecule has 0 spiro atoms. The lowest BCUT2D eigenvalue weighted by Crippen LogP contribution is -2.37. The van der Waals surface area contributed by atoms with E-state index in [1.54, 1.807) is 0 Å². The van der Waals surface area contributed by atoms with Crippen molar-refractivity contribution in [2.45, 2.75) is 39.7 Å². The maximum atomic E-state index is 8.90. The summed E-state index contributed by atoms with van der Waals surface area (Å²) in [4.78, 5) is 2.51. The standard InChI is InChI=1S/C16H22N2/c1-3-16(2)7-9-18(10-8-16)13-15-6-4-5-14(11-15)12-17/h4-6,11H,3,7-10,13H2,1-2H3. The number of hydrogen-bond donors (Lipinski definition) is 0. The Morgan fingerprint density at radius 2 is 2.06 bits per heavy atom. The van der Waals surface area contributed by atoms with Crippen LogP contribution in [0.1, 0.15) is 44.2 Å². The highest BCUT2D eigenvalue weighted by molar-refractivity contribution is 5.32. The number of piperidine rings is 1. The van der Waals surface area contributed by atoms with Crippen LogP contribution in [0.5, 0.6) is 0 Å². The third kappa shape index (κ3) is 3.11. The first-order valence-corrected chi connectivity index (χ1v) is 6.86. The number of rotatable bonds is 3. The largest absolute Gasteiger partial charge is 0.299 e. The predicted molar refractivity (Wildman–Crippen MR) is 74.1 cm³/mol. The predicted octanol–water partition coefficient (Wildman–Crippen LogP) is 3.57. The van der Waals surface area contributed by atoms with Crippen molar-refractivity contribution in [1.29, 1.82) is 5.26 Å². The summed E-state index contributed by atoms with van der Waals surface area (Å²) in [5.74, 6) is 0. The molecule has 1 aromatic rings. The minimum atomic E-state index is 0.547. The molecule has 1 fully saturated rings. The van der Waals surface area contributed by atoms with Gasteiger partial charge in [0.1, 0.15) is 0 Å². The molecule has 0 saturated carbocycles. The third-order valence-electron chi connectivity index (χ3n) is 4.38. The molecule has 0 amide bonds. The molecule has 1 aromatic carbocycles. The maximum absolute atomic E-state index is 8.90. The van der Waals surface area contributed by atoms with Crippen molar-refractivity contribution >= 4 is 0 Å². The van der Waals surface area contributed by atoms with E-state index >= 15 is 0 Å². The lowest BCUT2D eigenvalue weighted by Gasteiger charge is -2.39. The zero-order valence-corrected chi connectivity index (χ0v) is 11.4. The van der Waals surface area contributed by atoms with Gasteiger partial charge >= 0.3 is 0 Å². The molecule has 18 heavy (non-hydrogen) atoms. The second-order valence-corrected chi connectivity index (χ2v) is 5.75. The zero-order valence-electron chi connectivity index (χ0n) is 11.4. The van der Waals surface area contributed by atoms with Gasteiger partial charge in [0.05, 0.1) is 11.6 Å². The third-order valence-corrected chi connectivity index (χ3v) is 4.38. The van der Waals surface area contributed by atoms with Crippen LogP contribution in [0.25, 0.3) is 0 Å². The molecule has 2 heteroatoms. The van der Waals surface area contributed by atoms with Gasteiger partial charge in [-0.1, -0.05) is 32.4 Å². The molecule has 1 heterocycles. The van der Waals surface area contributed by atoms with Gasteiger partial charge in [0.2, 0.25) is 0 Å². The van der Waals surface area contributed by atoms with E-state index in [4.69, 9.17) is 5.26 Å². The first kappa shape index (κ1) is 13.1. The van der Waals surface area contributed by atoms with E-state index in [0.29, 0.717) is 5.41 Å². The fourth-order valence-electron chi connectivity index (χ4n) is 2.60. The van der Waals surface area contributed by atoms with E-state index in [1.165, 1.54) is 37.9 Å². The van der Waals surface area contributed by atoms with Crippen LogP contribution in [0.3, 0.4) is 0 Å². The molecule has 0 aromatic heterocycles. The molecular formula is C16H22N2. The van der Waals surface area contributed by atoms with Crippen LogP contribution in [-0.4, -0.2) is 18.0 Å². The number of hydrogen-bond acceptors (Lipinski definition) is 2. The first-order valence-electron chi connectivity index (χ1n) is 6.86. The summed E-state index contributed by atoms with van der Waals surface area (Å²) in [7, 11) is 0. The Bertz CT molecular complexity index is 437. The van der Waals surface area contributed by atoms with E-state index < -0.39 is 0 Å². The number of nitrogens with zero attached hydrogens (tertiary/aromatic N) is 2. The van der Waals surface area contributed by atoms with Gasteiger partial charge in [-0.05, 0) is 49.0 Å². The lowest BCUT2D eigenvalue weighted by molar-refractivity contribution is 0.109. The second-order valence-electron chi connectivity index (χ2n) is 5.75. The summed E-state index contributed by atoms with van der Waals surface area (Å²) in [6, 6.07) is 10.2. The molecule has 1 aliphatic heterocycles. The highest BCUT2D eigenvalue weighted by Gasteiger charge is 2.27. The molecule has 0 N–H and O–H groups in total. The molecular weight excluding hydrogens is 220 g/mol. The average molecular weight is 242 g/mol. The van der Waals surface area contributed by atoms with Crippen LogP contribution in [-0.2, 0) is 6.54 Å². The monoisotopic (exact) mass is 242 g/mol. The fourth-order valence-corrected chi connectivity index (χ4v) is 2.60. The van der Waals surface area contributed by atoms with Gasteiger partial charge in [-0.3, -0.25) is 4.90 Å². The first-order chi connectivity index (χ1) is 8.65. The van der Waals surface area contributed by atoms with Crippen molar-refractivity contribution in [3.8, 4) is 6.07 Å². The van der Waals surface area contributed by atoms with Gasteiger partial charge < -0.3 is 0 Å². The van der Waals surface area contributed by atoms with Gasteiger partial charge in [0.15, 0.2) is 0 Å². The molecule has 0 bridgehead atoms. The summed E-state index contributed by atoms with van der Waals surface area (Å²) >= 11 is 0. The lowest BCUT2D eigenvalue weighted by atomic mass is 9.78. The van der Waals surface area contributed by atoms with Crippen LogP contribution in [0.4, 0.5) is 0 Å². The molecule has 0 atom stereocenters. The molecule has 2 nitrogen and oxygen atoms in total. The summed E-state index contributed by atoms with van der Waals surface area (Å²) in [6.07, 6.45) is 3.87. The van der Waals surface area contributed by atoms with Gasteiger partial charge in [0.25, 0.3) is 0 Å². The van der Waals surface area contributed by atoms with Crippen molar-refractivity contribution in [3.63, 3.8) is 0 Å². The molecule has 1 saturated heterocycles. The van der Waals surface area contributed by atoms with Crippen molar-refractivity contribution in [3.05, 3.63) is 35.4 Å². The number of benzene rings is 1. The molecule has 2 rings (SSSR count). The fraction of sp³-hybridized carbons (Fsp3) is 0.562. The Morgan fingerprint density at radius 3 is 2.67 bits per heavy atom.